The molecular formula is C24H24N4O3. The quantitative estimate of drug-likeness (QED) is 0.617. The standard InChI is InChI=1S/C24H24N4O3/c1-27(15-18-6-4-5-7-21(18)30-2)23(29)24(11-10-19-14-26-16-28(19)24)20-9-8-17(13-25)12-22(20)31-3/h4-9,12,14,16H,10-11,15H2,1-3H3. The molecule has 0 saturated heterocycles. The average molecular weight is 416 g/mol. The number of benzene rings is 2. The number of ether oxygens (including phenoxy) is 2. The van der Waals surface area contributed by atoms with Crippen molar-refractivity contribution < 1.29 is 14.3 Å². The lowest BCUT2D eigenvalue weighted by Gasteiger charge is -2.35. The third-order valence-corrected chi connectivity index (χ3v) is 5.95. The second-order valence-electron chi connectivity index (χ2n) is 7.62. The van der Waals surface area contributed by atoms with Crippen LogP contribution in [0.1, 0.15) is 28.8 Å². The molecule has 7 nitrogen and oxygen atoms in total. The van der Waals surface area contributed by atoms with E-state index < -0.39 is 5.54 Å². The summed E-state index contributed by atoms with van der Waals surface area (Å²) in [6, 6.07) is 15.0. The molecule has 0 N–H and O–H groups in total. The van der Waals surface area contributed by atoms with Crippen LogP contribution < -0.4 is 9.47 Å². The first-order valence-electron chi connectivity index (χ1n) is 10.0. The van der Waals surface area contributed by atoms with Crippen molar-refractivity contribution in [3.05, 3.63) is 77.4 Å². The molecule has 1 unspecified atom stereocenters. The van der Waals surface area contributed by atoms with Crippen LogP contribution in [0.15, 0.2) is 55.0 Å². The topological polar surface area (TPSA) is 80.4 Å². The van der Waals surface area contributed by atoms with Gasteiger partial charge in [0.2, 0.25) is 0 Å². The first-order chi connectivity index (χ1) is 15.0. The number of carbonyl (C=O) groups is 1. The molecule has 0 saturated carbocycles. The van der Waals surface area contributed by atoms with Gasteiger partial charge >= 0.3 is 0 Å². The molecule has 0 fully saturated rings. The van der Waals surface area contributed by atoms with E-state index in [0.717, 1.165) is 29.0 Å². The summed E-state index contributed by atoms with van der Waals surface area (Å²) in [5.74, 6) is 1.18. The first kappa shape index (κ1) is 20.5. The highest BCUT2D eigenvalue weighted by molar-refractivity contribution is 5.89. The number of aryl methyl sites for hydroxylation is 1. The number of nitriles is 1. The zero-order valence-corrected chi connectivity index (χ0v) is 17.8. The molecule has 3 aromatic rings. The van der Waals surface area contributed by atoms with Crippen LogP contribution in [0, 0.1) is 11.3 Å². The molecule has 0 bridgehead atoms. The van der Waals surface area contributed by atoms with Crippen LogP contribution in [0.25, 0.3) is 0 Å². The minimum Gasteiger partial charge on any atom is -0.496 e. The first-order valence-corrected chi connectivity index (χ1v) is 10.0. The van der Waals surface area contributed by atoms with E-state index in [1.165, 1.54) is 0 Å². The van der Waals surface area contributed by atoms with Crippen LogP contribution in [0.2, 0.25) is 0 Å². The van der Waals surface area contributed by atoms with Gasteiger partial charge in [0.05, 0.1) is 32.2 Å². The van der Waals surface area contributed by atoms with Crippen molar-refractivity contribution in [3.63, 3.8) is 0 Å². The van der Waals surface area contributed by atoms with Gasteiger partial charge in [-0.3, -0.25) is 4.79 Å². The number of carbonyl (C=O) groups excluding carboxylic acids is 1. The normalized spacial score (nSPS) is 17.0. The molecule has 1 atom stereocenters. The second-order valence-corrected chi connectivity index (χ2v) is 7.62. The SMILES string of the molecule is COc1ccccc1CN(C)C(=O)C1(c2ccc(C#N)cc2OC)CCc2cncn21. The Kier molecular flexibility index (Phi) is 5.38. The third kappa shape index (κ3) is 3.30. The Morgan fingerprint density at radius 3 is 2.74 bits per heavy atom. The summed E-state index contributed by atoms with van der Waals surface area (Å²) in [7, 11) is 4.97. The van der Waals surface area contributed by atoms with Gasteiger partial charge in [0.1, 0.15) is 11.5 Å². The van der Waals surface area contributed by atoms with Crippen LogP contribution in [-0.4, -0.2) is 41.6 Å². The number of methoxy groups -OCH3 is 2. The molecule has 2 heterocycles. The molecule has 2 aromatic carbocycles. The Balaban J connectivity index is 1.81. The van der Waals surface area contributed by atoms with Crippen molar-refractivity contribution in [3.8, 4) is 17.6 Å². The van der Waals surface area contributed by atoms with E-state index >= 15 is 0 Å². The maximum absolute atomic E-state index is 14.1. The van der Waals surface area contributed by atoms with Gasteiger partial charge in [-0.25, -0.2) is 4.98 Å². The van der Waals surface area contributed by atoms with Crippen molar-refractivity contribution >= 4 is 5.91 Å². The predicted octanol–water partition coefficient (Wildman–Crippen LogP) is 3.12. The molecule has 0 spiro atoms. The zero-order chi connectivity index (χ0) is 22.0. The summed E-state index contributed by atoms with van der Waals surface area (Å²) >= 11 is 0. The number of rotatable bonds is 6. The van der Waals surface area contributed by atoms with Gasteiger partial charge in [-0.05, 0) is 31.0 Å². The van der Waals surface area contributed by atoms with E-state index in [0.29, 0.717) is 24.3 Å². The van der Waals surface area contributed by atoms with Crippen molar-refractivity contribution in [2.45, 2.75) is 24.9 Å². The average Bonchev–Trinajstić information content (AvgIpc) is 3.42. The molecule has 31 heavy (non-hydrogen) atoms. The van der Waals surface area contributed by atoms with Crippen LogP contribution in [0.5, 0.6) is 11.5 Å². The fourth-order valence-corrected chi connectivity index (χ4v) is 4.45. The fraction of sp³-hybridized carbons (Fsp3) is 0.292. The smallest absolute Gasteiger partial charge is 0.253 e. The Bertz CT molecular complexity index is 1160. The second kappa shape index (κ2) is 8.15. The lowest BCUT2D eigenvalue weighted by molar-refractivity contribution is -0.137. The maximum Gasteiger partial charge on any atom is 0.253 e. The van der Waals surface area contributed by atoms with E-state index in [1.54, 1.807) is 50.8 Å². The number of likely N-dealkylation sites (N-methyl/N-ethyl adjacent to an activating group) is 1. The number of hydrogen-bond donors (Lipinski definition) is 0. The lowest BCUT2D eigenvalue weighted by atomic mass is 9.84. The van der Waals surface area contributed by atoms with Gasteiger partial charge in [0, 0.05) is 36.6 Å². The van der Waals surface area contributed by atoms with Crippen molar-refractivity contribution in [1.82, 2.24) is 14.5 Å². The molecule has 1 aliphatic rings. The monoisotopic (exact) mass is 416 g/mol. The predicted molar refractivity (Wildman–Crippen MR) is 115 cm³/mol. The van der Waals surface area contributed by atoms with Gasteiger partial charge in [-0.2, -0.15) is 5.26 Å². The Labute approximate surface area is 181 Å². The van der Waals surface area contributed by atoms with Crippen molar-refractivity contribution in [2.24, 2.45) is 0 Å². The largest absolute Gasteiger partial charge is 0.496 e. The summed E-state index contributed by atoms with van der Waals surface area (Å²) in [5, 5.41) is 9.31. The third-order valence-electron chi connectivity index (χ3n) is 5.95. The number of amides is 1. The van der Waals surface area contributed by atoms with Gasteiger partial charge in [-0.15, -0.1) is 0 Å². The highest BCUT2D eigenvalue weighted by Gasteiger charge is 2.49. The minimum absolute atomic E-state index is 0.0711. The summed E-state index contributed by atoms with van der Waals surface area (Å²) in [6.45, 7) is 0.396. The van der Waals surface area contributed by atoms with E-state index in [2.05, 4.69) is 11.1 Å². The molecule has 7 heteroatoms. The molecule has 158 valence electrons. The Hall–Kier alpha value is -3.79. The van der Waals surface area contributed by atoms with E-state index in [1.807, 2.05) is 34.9 Å². The van der Waals surface area contributed by atoms with Crippen LogP contribution >= 0.6 is 0 Å². The molecule has 0 radical (unpaired) electrons. The summed E-state index contributed by atoms with van der Waals surface area (Å²) in [4.78, 5) is 20.1. The highest BCUT2D eigenvalue weighted by atomic mass is 16.5. The summed E-state index contributed by atoms with van der Waals surface area (Å²) < 4.78 is 13.0. The fourth-order valence-electron chi connectivity index (χ4n) is 4.45. The molecule has 1 amide bonds. The highest BCUT2D eigenvalue weighted by Crippen LogP contribution is 2.44. The van der Waals surface area contributed by atoms with Crippen molar-refractivity contribution in [1.29, 1.82) is 5.26 Å². The molecule has 1 aromatic heterocycles. The number of imidazole rings is 1. The maximum atomic E-state index is 14.1. The number of para-hydroxylation sites is 1. The van der Waals surface area contributed by atoms with Gasteiger partial charge in [-0.1, -0.05) is 24.3 Å². The number of hydrogen-bond acceptors (Lipinski definition) is 5. The Morgan fingerprint density at radius 1 is 1.23 bits per heavy atom. The molecule has 1 aliphatic heterocycles. The Morgan fingerprint density at radius 2 is 2.00 bits per heavy atom. The molecule has 0 aliphatic carbocycles. The van der Waals surface area contributed by atoms with E-state index in [9.17, 15) is 10.1 Å². The van der Waals surface area contributed by atoms with Gasteiger partial charge in [0.15, 0.2) is 5.54 Å². The van der Waals surface area contributed by atoms with Gasteiger partial charge in [0.25, 0.3) is 5.91 Å². The van der Waals surface area contributed by atoms with Gasteiger partial charge < -0.3 is 18.9 Å². The number of nitrogens with zero attached hydrogens (tertiary/aromatic N) is 4. The molecule has 4 rings (SSSR count). The minimum atomic E-state index is -0.998. The molecular weight excluding hydrogens is 392 g/mol. The van der Waals surface area contributed by atoms with Crippen LogP contribution in [0.4, 0.5) is 0 Å². The van der Waals surface area contributed by atoms with Crippen molar-refractivity contribution in [2.75, 3.05) is 21.3 Å². The zero-order valence-electron chi connectivity index (χ0n) is 17.8. The van der Waals surface area contributed by atoms with Crippen LogP contribution in [0.3, 0.4) is 0 Å². The number of fused-ring (bicyclic) bond motifs is 1. The van der Waals surface area contributed by atoms with E-state index in [-0.39, 0.29) is 5.91 Å². The van der Waals surface area contributed by atoms with E-state index in [4.69, 9.17) is 9.47 Å². The summed E-state index contributed by atoms with van der Waals surface area (Å²) in [6.07, 6.45) is 4.81. The van der Waals surface area contributed by atoms with Crippen LogP contribution in [-0.2, 0) is 23.3 Å². The summed E-state index contributed by atoms with van der Waals surface area (Å²) in [5.41, 5.74) is 2.12. The number of aromatic nitrogens is 2. The lowest BCUT2D eigenvalue weighted by Crippen LogP contribution is -2.48.